The number of hydrogen-bond acceptors (Lipinski definition) is 5. The van der Waals surface area contributed by atoms with Crippen LogP contribution in [-0.2, 0) is 15.7 Å². The number of para-hydroxylation sites is 1. The summed E-state index contributed by atoms with van der Waals surface area (Å²) >= 11 is 0.613. The van der Waals surface area contributed by atoms with Gasteiger partial charge in [0.1, 0.15) is 16.5 Å². The third-order valence-electron chi connectivity index (χ3n) is 4.61. The summed E-state index contributed by atoms with van der Waals surface area (Å²) in [6, 6.07) is 11.5. The normalized spacial score (nSPS) is 12.9. The molecule has 0 radical (unpaired) electrons. The molecule has 0 spiro atoms. The molecular formula is C23H17F4N3O3S. The molecule has 3 aromatic rings. The van der Waals surface area contributed by atoms with Crippen LogP contribution in [-0.4, -0.2) is 30.7 Å². The molecule has 0 fully saturated rings. The van der Waals surface area contributed by atoms with Crippen molar-refractivity contribution in [2.75, 3.05) is 20.3 Å². The number of thiazole rings is 1. The van der Waals surface area contributed by atoms with Crippen LogP contribution < -0.4 is 20.1 Å². The number of methoxy groups -OCH3 is 1. The largest absolute Gasteiger partial charge is 0.416 e. The summed E-state index contributed by atoms with van der Waals surface area (Å²) in [7, 11) is 1.41. The Labute approximate surface area is 194 Å². The van der Waals surface area contributed by atoms with Gasteiger partial charge in [-0.1, -0.05) is 30.3 Å². The Morgan fingerprint density at radius 3 is 2.53 bits per heavy atom. The Bertz CT molecular complexity index is 1440. The van der Waals surface area contributed by atoms with E-state index in [0.29, 0.717) is 11.3 Å². The molecule has 3 rings (SSSR count). The van der Waals surface area contributed by atoms with Gasteiger partial charge in [-0.2, -0.15) is 18.4 Å². The standard InChI is InChI=1S/C23H17F4N3O3S/c1-33-11-10-29-20(31)15(13-28)22-30(18-9-5-4-8-17(18)24)21(32)19(34-22)12-14-6-2-3-7-16(14)23(25,26)27/h2-9,12H,10-11H2,1H3,(H,29,31)/b19-12-,22-15-. The molecule has 0 aliphatic carbocycles. The monoisotopic (exact) mass is 491 g/mol. The predicted octanol–water partition coefficient (Wildman–Crippen LogP) is 2.32. The van der Waals surface area contributed by atoms with Crippen molar-refractivity contribution in [2.45, 2.75) is 6.18 Å². The highest BCUT2D eigenvalue weighted by atomic mass is 32.1. The molecule has 1 amide bonds. The summed E-state index contributed by atoms with van der Waals surface area (Å²) < 4.78 is 60.1. The van der Waals surface area contributed by atoms with Crippen LogP contribution in [0.1, 0.15) is 11.1 Å². The van der Waals surface area contributed by atoms with Crippen molar-refractivity contribution in [1.82, 2.24) is 9.88 Å². The van der Waals surface area contributed by atoms with Gasteiger partial charge in [0.05, 0.1) is 22.4 Å². The summed E-state index contributed by atoms with van der Waals surface area (Å²) in [5, 5.41) is 12.1. The maximum absolute atomic E-state index is 14.6. The number of ether oxygens (including phenoxy) is 1. The first-order valence-corrected chi connectivity index (χ1v) is 10.6. The van der Waals surface area contributed by atoms with E-state index in [9.17, 15) is 32.4 Å². The van der Waals surface area contributed by atoms with E-state index < -0.39 is 34.6 Å². The van der Waals surface area contributed by atoms with Crippen molar-refractivity contribution in [3.05, 3.63) is 85.0 Å². The van der Waals surface area contributed by atoms with E-state index in [0.717, 1.165) is 22.8 Å². The van der Waals surface area contributed by atoms with Crippen molar-refractivity contribution >= 4 is 28.9 Å². The van der Waals surface area contributed by atoms with Crippen molar-refractivity contribution < 1.29 is 27.1 Å². The summed E-state index contributed by atoms with van der Waals surface area (Å²) in [5.74, 6) is -1.66. The van der Waals surface area contributed by atoms with Gasteiger partial charge in [-0.05, 0) is 29.8 Å². The molecule has 0 aliphatic rings. The number of alkyl halides is 3. The first-order valence-electron chi connectivity index (χ1n) is 9.75. The van der Waals surface area contributed by atoms with E-state index in [4.69, 9.17) is 4.74 Å². The average molecular weight is 491 g/mol. The van der Waals surface area contributed by atoms with Gasteiger partial charge in [-0.3, -0.25) is 14.2 Å². The Morgan fingerprint density at radius 1 is 1.21 bits per heavy atom. The van der Waals surface area contributed by atoms with Gasteiger partial charge in [0.25, 0.3) is 11.5 Å². The molecule has 0 saturated heterocycles. The molecule has 11 heteroatoms. The van der Waals surface area contributed by atoms with Crippen LogP contribution in [0.15, 0.2) is 53.3 Å². The van der Waals surface area contributed by atoms with E-state index in [1.807, 2.05) is 0 Å². The van der Waals surface area contributed by atoms with Crippen LogP contribution in [0.25, 0.3) is 17.3 Å². The second kappa shape index (κ2) is 10.5. The van der Waals surface area contributed by atoms with E-state index >= 15 is 0 Å². The molecular weight excluding hydrogens is 474 g/mol. The number of benzene rings is 2. The predicted molar refractivity (Wildman–Crippen MR) is 118 cm³/mol. The molecule has 1 aromatic heterocycles. The highest BCUT2D eigenvalue weighted by Crippen LogP contribution is 2.32. The third-order valence-corrected chi connectivity index (χ3v) is 5.71. The van der Waals surface area contributed by atoms with Crippen LogP contribution in [0.2, 0.25) is 0 Å². The number of carbonyl (C=O) groups excluding carboxylic acids is 1. The third kappa shape index (κ3) is 5.24. The molecule has 0 aliphatic heterocycles. The highest BCUT2D eigenvalue weighted by Gasteiger charge is 2.32. The fraction of sp³-hybridized carbons (Fsp3) is 0.174. The topological polar surface area (TPSA) is 84.1 Å². The molecule has 0 saturated carbocycles. The molecule has 0 atom stereocenters. The SMILES string of the molecule is COCCNC(=O)/C(C#N)=c1\s/c(=C\c2ccccc2C(F)(F)F)c(=O)n1-c1ccccc1F. The minimum absolute atomic E-state index is 0.0633. The number of hydrogen-bond donors (Lipinski definition) is 1. The molecule has 176 valence electrons. The first kappa shape index (κ1) is 24.9. The molecule has 1 N–H and O–H groups in total. The molecule has 0 unspecified atom stereocenters. The van der Waals surface area contributed by atoms with Gasteiger partial charge in [-0.25, -0.2) is 4.39 Å². The number of rotatable bonds is 6. The number of nitriles is 1. The second-order valence-corrected chi connectivity index (χ2v) is 7.86. The van der Waals surface area contributed by atoms with Gasteiger partial charge >= 0.3 is 6.18 Å². The number of halogens is 4. The number of nitrogens with one attached hydrogen (secondary N) is 1. The van der Waals surface area contributed by atoms with E-state index in [1.54, 1.807) is 6.07 Å². The number of amides is 1. The van der Waals surface area contributed by atoms with Crippen LogP contribution in [0, 0.1) is 17.1 Å². The van der Waals surface area contributed by atoms with Crippen LogP contribution in [0.4, 0.5) is 17.6 Å². The zero-order valence-electron chi connectivity index (χ0n) is 17.6. The number of nitrogens with zero attached hydrogens (tertiary/aromatic N) is 2. The maximum Gasteiger partial charge on any atom is 0.416 e. The quantitative estimate of drug-likeness (QED) is 0.424. The Kier molecular flexibility index (Phi) is 7.65. The number of aromatic nitrogens is 1. The molecule has 6 nitrogen and oxygen atoms in total. The lowest BCUT2D eigenvalue weighted by molar-refractivity contribution is -0.137. The summed E-state index contributed by atoms with van der Waals surface area (Å²) in [6.45, 7) is 0.218. The highest BCUT2D eigenvalue weighted by molar-refractivity contribution is 7.07. The fourth-order valence-electron chi connectivity index (χ4n) is 3.07. The van der Waals surface area contributed by atoms with Gasteiger partial charge in [0.15, 0.2) is 5.57 Å². The zero-order chi connectivity index (χ0) is 24.9. The van der Waals surface area contributed by atoms with Crippen molar-refractivity contribution in [3.63, 3.8) is 0 Å². The lowest BCUT2D eigenvalue weighted by Crippen LogP contribution is -2.35. The Morgan fingerprint density at radius 2 is 1.88 bits per heavy atom. The average Bonchev–Trinajstić information content (AvgIpc) is 3.10. The lowest BCUT2D eigenvalue weighted by atomic mass is 10.1. The van der Waals surface area contributed by atoms with Crippen molar-refractivity contribution in [3.8, 4) is 11.8 Å². The molecule has 1 heterocycles. The smallest absolute Gasteiger partial charge is 0.383 e. The van der Waals surface area contributed by atoms with Gasteiger partial charge in [-0.15, -0.1) is 11.3 Å². The minimum atomic E-state index is -4.68. The molecule has 34 heavy (non-hydrogen) atoms. The van der Waals surface area contributed by atoms with Gasteiger partial charge in [0, 0.05) is 13.7 Å². The second-order valence-electron chi connectivity index (χ2n) is 6.83. The molecule has 2 aromatic carbocycles. The fourth-order valence-corrected chi connectivity index (χ4v) is 4.16. The molecule has 0 bridgehead atoms. The first-order chi connectivity index (χ1) is 16.2. The zero-order valence-corrected chi connectivity index (χ0v) is 18.5. The van der Waals surface area contributed by atoms with E-state index in [2.05, 4.69) is 5.32 Å². The maximum atomic E-state index is 14.6. The Hall–Kier alpha value is -3.75. The van der Waals surface area contributed by atoms with Crippen LogP contribution in [0.3, 0.4) is 0 Å². The van der Waals surface area contributed by atoms with Crippen LogP contribution >= 0.6 is 11.3 Å². The van der Waals surface area contributed by atoms with Crippen LogP contribution in [0.5, 0.6) is 0 Å². The lowest BCUT2D eigenvalue weighted by Gasteiger charge is -2.09. The Balaban J connectivity index is 2.37. The van der Waals surface area contributed by atoms with E-state index in [-0.39, 0.29) is 33.6 Å². The van der Waals surface area contributed by atoms with E-state index in [1.165, 1.54) is 43.5 Å². The van der Waals surface area contributed by atoms with Gasteiger partial charge < -0.3 is 10.1 Å². The summed E-state index contributed by atoms with van der Waals surface area (Å²) in [6.07, 6.45) is -3.67. The summed E-state index contributed by atoms with van der Waals surface area (Å²) in [5.41, 5.74) is -2.88. The number of carbonyl (C=O) groups is 1. The summed E-state index contributed by atoms with van der Waals surface area (Å²) in [4.78, 5) is 25.8. The minimum Gasteiger partial charge on any atom is -0.383 e. The van der Waals surface area contributed by atoms with Gasteiger partial charge in [0.2, 0.25) is 0 Å². The van der Waals surface area contributed by atoms with Crippen molar-refractivity contribution in [1.29, 1.82) is 5.26 Å². The van der Waals surface area contributed by atoms with Crippen molar-refractivity contribution in [2.24, 2.45) is 0 Å².